The molecule has 0 aromatic heterocycles. The lowest BCUT2D eigenvalue weighted by atomic mass is 9.84. The van der Waals surface area contributed by atoms with Gasteiger partial charge in [0, 0.05) is 0 Å². The van der Waals surface area contributed by atoms with Crippen molar-refractivity contribution in [2.75, 3.05) is 9.80 Å². The standard InChI is InChI=1S/C34H22Cl4N4O4/c35-19-13-7-14-20(36)27(19)39-31(43)23-25(17-9-3-1-4-10-17)41-30-24(26(18-11-5-2-6-12-18)42(41)29(23)33(39)45)32(44)40(34(30)46)28-21(37)15-8-16-22(28)38/h1-16,23-26,29-30H. The van der Waals surface area contributed by atoms with Crippen LogP contribution in [0.5, 0.6) is 0 Å². The third-order valence-corrected chi connectivity index (χ3v) is 10.5. The van der Waals surface area contributed by atoms with Crippen LogP contribution in [-0.4, -0.2) is 45.7 Å². The second kappa shape index (κ2) is 10.9. The Balaban J connectivity index is 1.35. The number of nitrogens with zero attached hydrogens (tertiary/aromatic N) is 4. The molecule has 4 amide bonds. The molecule has 4 aliphatic heterocycles. The van der Waals surface area contributed by atoms with E-state index in [1.807, 2.05) is 60.7 Å². The van der Waals surface area contributed by atoms with E-state index in [4.69, 9.17) is 46.4 Å². The van der Waals surface area contributed by atoms with Gasteiger partial charge in [-0.2, -0.15) is 0 Å². The van der Waals surface area contributed by atoms with Gasteiger partial charge in [0.25, 0.3) is 11.8 Å². The topological polar surface area (TPSA) is 81.2 Å². The van der Waals surface area contributed by atoms with Crippen molar-refractivity contribution in [3.05, 3.63) is 128 Å². The number of hydrazine groups is 1. The molecule has 4 aliphatic rings. The molecule has 0 bridgehead atoms. The molecule has 4 saturated heterocycles. The summed E-state index contributed by atoms with van der Waals surface area (Å²) in [5, 5.41) is 4.16. The number of hydrogen-bond donors (Lipinski definition) is 0. The van der Waals surface area contributed by atoms with Gasteiger partial charge >= 0.3 is 0 Å². The maximum Gasteiger partial charge on any atom is 0.253 e. The lowest BCUT2D eigenvalue weighted by Gasteiger charge is -2.36. The van der Waals surface area contributed by atoms with Crippen LogP contribution in [0.3, 0.4) is 0 Å². The fraction of sp³-hybridized carbons (Fsp3) is 0.176. The summed E-state index contributed by atoms with van der Waals surface area (Å²) in [7, 11) is 0. The summed E-state index contributed by atoms with van der Waals surface area (Å²) in [6, 6.07) is 24.3. The van der Waals surface area contributed by atoms with E-state index < -0.39 is 59.6 Å². The summed E-state index contributed by atoms with van der Waals surface area (Å²) in [5.41, 5.74) is 1.62. The van der Waals surface area contributed by atoms with Gasteiger partial charge in [0.05, 0.1) is 55.4 Å². The molecule has 230 valence electrons. The highest BCUT2D eigenvalue weighted by atomic mass is 35.5. The Morgan fingerprint density at radius 3 is 1.04 bits per heavy atom. The molecule has 8 nitrogen and oxygen atoms in total. The lowest BCUT2D eigenvalue weighted by molar-refractivity contribution is -0.136. The number of benzene rings is 4. The minimum absolute atomic E-state index is 0.107. The van der Waals surface area contributed by atoms with Crippen LogP contribution in [0.4, 0.5) is 11.4 Å². The highest BCUT2D eigenvalue weighted by Crippen LogP contribution is 2.60. The van der Waals surface area contributed by atoms with Crippen LogP contribution in [0, 0.1) is 11.8 Å². The maximum atomic E-state index is 14.6. The summed E-state index contributed by atoms with van der Waals surface area (Å²) in [5.74, 6) is -3.98. The molecule has 6 atom stereocenters. The van der Waals surface area contributed by atoms with Gasteiger partial charge in [-0.15, -0.1) is 0 Å². The lowest BCUT2D eigenvalue weighted by Crippen LogP contribution is -2.50. The molecule has 4 aromatic rings. The van der Waals surface area contributed by atoms with Gasteiger partial charge in [-0.1, -0.05) is 119 Å². The first-order valence-electron chi connectivity index (χ1n) is 14.5. The van der Waals surface area contributed by atoms with Gasteiger partial charge in [0.2, 0.25) is 11.8 Å². The Morgan fingerprint density at radius 1 is 0.391 bits per heavy atom. The highest BCUT2D eigenvalue weighted by Gasteiger charge is 2.74. The number of fused-ring (bicyclic) bond motifs is 5. The zero-order valence-corrected chi connectivity index (χ0v) is 26.7. The van der Waals surface area contributed by atoms with Crippen LogP contribution >= 0.6 is 46.4 Å². The Bertz CT molecular complexity index is 1780. The highest BCUT2D eigenvalue weighted by molar-refractivity contribution is 6.43. The molecule has 0 saturated carbocycles. The third kappa shape index (κ3) is 4.01. The molecule has 6 unspecified atom stereocenters. The first kappa shape index (κ1) is 29.6. The first-order valence-corrected chi connectivity index (χ1v) is 16.0. The summed E-state index contributed by atoms with van der Waals surface area (Å²) in [4.78, 5) is 60.3. The van der Waals surface area contributed by atoms with E-state index in [-0.39, 0.29) is 31.5 Å². The Kier molecular flexibility index (Phi) is 7.03. The second-order valence-electron chi connectivity index (χ2n) is 11.6. The van der Waals surface area contributed by atoms with Gasteiger partial charge in [-0.25, -0.2) is 19.8 Å². The largest absolute Gasteiger partial charge is 0.274 e. The number of carbonyl (C=O) groups excluding carboxylic acids is 4. The number of anilines is 2. The number of rotatable bonds is 4. The van der Waals surface area contributed by atoms with Crippen LogP contribution in [0.25, 0.3) is 0 Å². The predicted molar refractivity (Wildman–Crippen MR) is 175 cm³/mol. The van der Waals surface area contributed by atoms with Crippen molar-refractivity contribution in [3.63, 3.8) is 0 Å². The normalized spacial score (nSPS) is 27.5. The molecule has 4 fully saturated rings. The molecule has 0 aliphatic carbocycles. The van der Waals surface area contributed by atoms with E-state index in [2.05, 4.69) is 0 Å². The molecule has 46 heavy (non-hydrogen) atoms. The fourth-order valence-corrected chi connectivity index (χ4v) is 8.78. The van der Waals surface area contributed by atoms with E-state index in [1.165, 1.54) is 0 Å². The Labute approximate surface area is 283 Å². The zero-order valence-electron chi connectivity index (χ0n) is 23.6. The summed E-state index contributed by atoms with van der Waals surface area (Å²) in [6.07, 6.45) is 0. The van der Waals surface area contributed by atoms with E-state index >= 15 is 0 Å². The molecule has 0 spiro atoms. The minimum Gasteiger partial charge on any atom is -0.274 e. The smallest absolute Gasteiger partial charge is 0.253 e. The van der Waals surface area contributed by atoms with E-state index in [9.17, 15) is 19.2 Å². The molecule has 0 N–H and O–H groups in total. The molecule has 8 rings (SSSR count). The minimum atomic E-state index is -1.06. The average molecular weight is 692 g/mol. The van der Waals surface area contributed by atoms with Crippen molar-refractivity contribution in [1.29, 1.82) is 0 Å². The van der Waals surface area contributed by atoms with Gasteiger partial charge in [-0.3, -0.25) is 19.2 Å². The van der Waals surface area contributed by atoms with Crippen LogP contribution in [0.2, 0.25) is 20.1 Å². The summed E-state index contributed by atoms with van der Waals surface area (Å²) >= 11 is 26.1. The number of hydrogen-bond acceptors (Lipinski definition) is 6. The van der Waals surface area contributed by atoms with E-state index in [1.54, 1.807) is 46.4 Å². The average Bonchev–Trinajstić information content (AvgIpc) is 3.71. The summed E-state index contributed by atoms with van der Waals surface area (Å²) in [6.45, 7) is 0. The predicted octanol–water partition coefficient (Wildman–Crippen LogP) is 6.75. The quantitative estimate of drug-likeness (QED) is 0.221. The SMILES string of the molecule is O=C1C2C(C(=O)N1c1c(Cl)cccc1Cl)N1C(c3ccccc3)C3C(=O)N(c4c(Cl)cccc4Cl)C(=O)C3N1C2c1ccccc1. The van der Waals surface area contributed by atoms with E-state index in [0.29, 0.717) is 11.1 Å². The molecule has 12 heteroatoms. The monoisotopic (exact) mass is 690 g/mol. The van der Waals surface area contributed by atoms with Gasteiger partial charge in [0.1, 0.15) is 12.1 Å². The Hall–Kier alpha value is -3.76. The van der Waals surface area contributed by atoms with Crippen LogP contribution < -0.4 is 9.80 Å². The number of halogens is 4. The van der Waals surface area contributed by atoms with Gasteiger partial charge < -0.3 is 0 Å². The van der Waals surface area contributed by atoms with Gasteiger partial charge in [0.15, 0.2) is 0 Å². The van der Waals surface area contributed by atoms with Crippen molar-refractivity contribution in [3.8, 4) is 0 Å². The Morgan fingerprint density at radius 2 is 0.717 bits per heavy atom. The molecule has 4 heterocycles. The van der Waals surface area contributed by atoms with Gasteiger partial charge in [-0.05, 0) is 35.4 Å². The van der Waals surface area contributed by atoms with Crippen LogP contribution in [-0.2, 0) is 19.2 Å². The van der Waals surface area contributed by atoms with Crippen LogP contribution in [0.1, 0.15) is 23.2 Å². The number of para-hydroxylation sites is 2. The summed E-state index contributed by atoms with van der Waals surface area (Å²) < 4.78 is 0. The van der Waals surface area contributed by atoms with Crippen molar-refractivity contribution in [2.24, 2.45) is 11.8 Å². The van der Waals surface area contributed by atoms with Crippen LogP contribution in [0.15, 0.2) is 97.1 Å². The molecule has 0 radical (unpaired) electrons. The van der Waals surface area contributed by atoms with Crippen molar-refractivity contribution in [1.82, 2.24) is 10.0 Å². The third-order valence-electron chi connectivity index (χ3n) is 9.33. The molecular weight excluding hydrogens is 670 g/mol. The molecule has 4 aromatic carbocycles. The first-order chi connectivity index (χ1) is 22.2. The number of amides is 4. The van der Waals surface area contributed by atoms with Crippen molar-refractivity contribution < 1.29 is 19.2 Å². The maximum absolute atomic E-state index is 14.6. The number of carbonyl (C=O) groups is 4. The zero-order chi connectivity index (χ0) is 32.0. The number of imide groups is 2. The fourth-order valence-electron chi connectivity index (χ4n) is 7.64. The second-order valence-corrected chi connectivity index (χ2v) is 13.2. The van der Waals surface area contributed by atoms with Crippen molar-refractivity contribution in [2.45, 2.75) is 24.2 Å². The molecular formula is C34H22Cl4N4O4. The van der Waals surface area contributed by atoms with E-state index in [0.717, 1.165) is 9.80 Å². The van der Waals surface area contributed by atoms with Crippen molar-refractivity contribution >= 4 is 81.4 Å².